The fraction of sp³-hybridized carbons (Fsp3) is 0.520. The predicted octanol–water partition coefficient (Wildman–Crippen LogP) is 3.32. The topological polar surface area (TPSA) is 105 Å². The summed E-state index contributed by atoms with van der Waals surface area (Å²) in [6, 6.07) is 9.89. The van der Waals surface area contributed by atoms with Gasteiger partial charge in [0.2, 0.25) is 11.9 Å². The largest absolute Gasteiger partial charge is 0.372 e. The first-order valence-electron chi connectivity index (χ1n) is 11.8. The van der Waals surface area contributed by atoms with Crippen molar-refractivity contribution in [2.24, 2.45) is 17.8 Å². The van der Waals surface area contributed by atoms with Gasteiger partial charge in [-0.1, -0.05) is 26.0 Å². The number of amides is 1. The normalized spacial score (nSPS) is 24.6. The van der Waals surface area contributed by atoms with Crippen molar-refractivity contribution in [3.8, 4) is 6.07 Å². The molecule has 1 saturated heterocycles. The van der Waals surface area contributed by atoms with E-state index < -0.39 is 17.7 Å². The van der Waals surface area contributed by atoms with Gasteiger partial charge >= 0.3 is 0 Å². The molecule has 1 amide bonds. The molecule has 0 saturated carbocycles. The molecule has 4 atom stereocenters. The molecule has 0 radical (unpaired) electrons. The molecule has 2 aliphatic heterocycles. The molecule has 33 heavy (non-hydrogen) atoms. The Morgan fingerprint density at radius 2 is 1.76 bits per heavy atom. The fourth-order valence-electron chi connectivity index (χ4n) is 5.33. The second-order valence-corrected chi connectivity index (χ2v) is 9.34. The Morgan fingerprint density at radius 1 is 1.12 bits per heavy atom. The molecule has 0 aliphatic carbocycles. The van der Waals surface area contributed by atoms with E-state index in [0.717, 1.165) is 43.9 Å². The molecule has 0 spiro atoms. The molecule has 4 unspecified atom stereocenters. The number of carbonyl (C=O) groups excluding carboxylic acids is 1. The Bertz CT molecular complexity index is 1110. The van der Waals surface area contributed by atoms with Crippen LogP contribution in [0.4, 0.5) is 17.5 Å². The molecule has 174 valence electrons. The number of piperidine rings is 1. The summed E-state index contributed by atoms with van der Waals surface area (Å²) < 4.78 is 0. The quantitative estimate of drug-likeness (QED) is 0.727. The summed E-state index contributed by atoms with van der Waals surface area (Å²) in [5, 5.41) is 12.5. The highest BCUT2D eigenvalue weighted by atomic mass is 16.2. The number of fused-ring (bicyclic) bond motifs is 1. The minimum atomic E-state index is -0.999. The van der Waals surface area contributed by atoms with E-state index in [2.05, 4.69) is 58.8 Å². The van der Waals surface area contributed by atoms with Crippen molar-refractivity contribution in [2.45, 2.75) is 40.0 Å². The maximum atomic E-state index is 13.3. The second-order valence-electron chi connectivity index (χ2n) is 9.34. The highest BCUT2D eigenvalue weighted by molar-refractivity contribution is 5.98. The SMILES string of the molecule is CCN(CC)c1ccc(C2c3c(nc(N4CC(C)CC(C)C4)[nH]c3=O)NC(=O)C2C#N)cc1. The number of nitriles is 1. The summed E-state index contributed by atoms with van der Waals surface area (Å²) in [7, 11) is 0. The zero-order valence-corrected chi connectivity index (χ0v) is 19.8. The Labute approximate surface area is 194 Å². The van der Waals surface area contributed by atoms with Crippen LogP contribution in [0.15, 0.2) is 29.1 Å². The summed E-state index contributed by atoms with van der Waals surface area (Å²) in [5.74, 6) is -0.381. The van der Waals surface area contributed by atoms with Crippen LogP contribution >= 0.6 is 0 Å². The molecular formula is C25H32N6O2. The van der Waals surface area contributed by atoms with Crippen LogP contribution < -0.4 is 20.7 Å². The standard InChI is InChI=1S/C25H32N6O2/c1-5-30(6-2)18-9-7-17(8-10-18)20-19(12-26)23(32)27-22-21(20)24(33)29-25(28-22)31-13-15(3)11-16(4)14-31/h7-10,15-16,19-20H,5-6,11,13-14H2,1-4H3,(H2,27,28,29,32,33). The van der Waals surface area contributed by atoms with E-state index in [1.807, 2.05) is 24.3 Å². The lowest BCUT2D eigenvalue weighted by atomic mass is 9.79. The summed E-state index contributed by atoms with van der Waals surface area (Å²) in [4.78, 5) is 38.0. The second kappa shape index (κ2) is 9.26. The smallest absolute Gasteiger partial charge is 0.258 e. The number of benzene rings is 1. The molecule has 4 rings (SSSR count). The van der Waals surface area contributed by atoms with Gasteiger partial charge in [0.25, 0.3) is 5.56 Å². The van der Waals surface area contributed by atoms with Crippen LogP contribution in [0.3, 0.4) is 0 Å². The monoisotopic (exact) mass is 448 g/mol. The van der Waals surface area contributed by atoms with Crippen LogP contribution in [0.2, 0.25) is 0 Å². The van der Waals surface area contributed by atoms with E-state index in [-0.39, 0.29) is 11.4 Å². The first-order valence-corrected chi connectivity index (χ1v) is 11.8. The Morgan fingerprint density at radius 3 is 2.33 bits per heavy atom. The average molecular weight is 449 g/mol. The van der Waals surface area contributed by atoms with Gasteiger partial charge in [-0.15, -0.1) is 0 Å². The lowest BCUT2D eigenvalue weighted by Crippen LogP contribution is -2.42. The minimum Gasteiger partial charge on any atom is -0.372 e. The molecule has 8 nitrogen and oxygen atoms in total. The van der Waals surface area contributed by atoms with Crippen molar-refractivity contribution >= 4 is 23.4 Å². The highest BCUT2D eigenvalue weighted by Gasteiger charge is 2.40. The van der Waals surface area contributed by atoms with Crippen molar-refractivity contribution in [1.29, 1.82) is 5.26 Å². The third-order valence-electron chi connectivity index (χ3n) is 6.80. The van der Waals surface area contributed by atoms with Crippen molar-refractivity contribution in [3.05, 3.63) is 45.7 Å². The van der Waals surface area contributed by atoms with Crippen LogP contribution in [0.25, 0.3) is 0 Å². The van der Waals surface area contributed by atoms with Gasteiger partial charge in [0.1, 0.15) is 11.7 Å². The van der Waals surface area contributed by atoms with Gasteiger partial charge < -0.3 is 15.1 Å². The van der Waals surface area contributed by atoms with Crippen molar-refractivity contribution in [2.75, 3.05) is 41.3 Å². The Hall–Kier alpha value is -3.34. The van der Waals surface area contributed by atoms with Gasteiger partial charge in [0.05, 0.1) is 11.6 Å². The number of nitrogens with zero attached hydrogens (tertiary/aromatic N) is 4. The van der Waals surface area contributed by atoms with Crippen LogP contribution in [-0.4, -0.2) is 42.1 Å². The maximum Gasteiger partial charge on any atom is 0.258 e. The van der Waals surface area contributed by atoms with E-state index in [4.69, 9.17) is 0 Å². The molecule has 2 N–H and O–H groups in total. The molecule has 1 aromatic carbocycles. The lowest BCUT2D eigenvalue weighted by Gasteiger charge is -2.36. The number of aromatic amines is 1. The van der Waals surface area contributed by atoms with Crippen molar-refractivity contribution in [1.82, 2.24) is 9.97 Å². The zero-order valence-electron chi connectivity index (χ0n) is 19.8. The number of nitrogens with one attached hydrogen (secondary N) is 2. The molecule has 1 fully saturated rings. The van der Waals surface area contributed by atoms with E-state index in [1.165, 1.54) is 0 Å². The molecule has 2 aromatic rings. The van der Waals surface area contributed by atoms with Crippen molar-refractivity contribution in [3.63, 3.8) is 0 Å². The van der Waals surface area contributed by atoms with Gasteiger partial charge in [-0.05, 0) is 49.8 Å². The van der Waals surface area contributed by atoms with Gasteiger partial charge in [-0.3, -0.25) is 14.6 Å². The molecule has 0 bridgehead atoms. The summed E-state index contributed by atoms with van der Waals surface area (Å²) in [5.41, 5.74) is 1.86. The highest BCUT2D eigenvalue weighted by Crippen LogP contribution is 2.39. The molecule has 2 aliphatic rings. The van der Waals surface area contributed by atoms with E-state index >= 15 is 0 Å². The number of hydrogen-bond donors (Lipinski definition) is 2. The molecule has 8 heteroatoms. The zero-order chi connectivity index (χ0) is 23.7. The minimum absolute atomic E-state index is 0.258. The van der Waals surface area contributed by atoms with Crippen LogP contribution in [0.5, 0.6) is 0 Å². The van der Waals surface area contributed by atoms with Crippen LogP contribution in [-0.2, 0) is 4.79 Å². The van der Waals surface area contributed by atoms with Gasteiger partial charge in [0, 0.05) is 37.8 Å². The predicted molar refractivity (Wildman–Crippen MR) is 130 cm³/mol. The lowest BCUT2D eigenvalue weighted by molar-refractivity contribution is -0.119. The number of hydrogen-bond acceptors (Lipinski definition) is 6. The number of anilines is 3. The number of aromatic nitrogens is 2. The van der Waals surface area contributed by atoms with E-state index in [0.29, 0.717) is 23.3 Å². The first-order chi connectivity index (χ1) is 15.9. The van der Waals surface area contributed by atoms with Gasteiger partial charge in [-0.2, -0.15) is 10.2 Å². The fourth-order valence-corrected chi connectivity index (χ4v) is 5.33. The first kappa shape index (κ1) is 22.8. The average Bonchev–Trinajstić information content (AvgIpc) is 2.78. The third kappa shape index (κ3) is 4.32. The number of rotatable bonds is 5. The number of carbonyl (C=O) groups is 1. The summed E-state index contributed by atoms with van der Waals surface area (Å²) in [6.07, 6.45) is 1.14. The molecular weight excluding hydrogens is 416 g/mol. The summed E-state index contributed by atoms with van der Waals surface area (Å²) in [6.45, 7) is 11.9. The maximum absolute atomic E-state index is 13.3. The number of H-pyrrole nitrogens is 1. The Balaban J connectivity index is 1.76. The molecule has 1 aromatic heterocycles. The molecule has 3 heterocycles. The van der Waals surface area contributed by atoms with E-state index in [9.17, 15) is 14.9 Å². The van der Waals surface area contributed by atoms with Crippen molar-refractivity contribution < 1.29 is 4.79 Å². The van der Waals surface area contributed by atoms with Gasteiger partial charge in [0.15, 0.2) is 0 Å². The van der Waals surface area contributed by atoms with Gasteiger partial charge in [-0.25, -0.2) is 0 Å². The summed E-state index contributed by atoms with van der Waals surface area (Å²) >= 11 is 0. The Kier molecular flexibility index (Phi) is 6.41. The van der Waals surface area contributed by atoms with Crippen LogP contribution in [0.1, 0.15) is 51.2 Å². The van der Waals surface area contributed by atoms with E-state index in [1.54, 1.807) is 0 Å². The van der Waals surface area contributed by atoms with Crippen LogP contribution in [0, 0.1) is 29.1 Å². The third-order valence-corrected chi connectivity index (χ3v) is 6.80.